The SMILES string of the molecule is CCN1CCC(N(C(=O)c2cnc3onc(C(C)C)c3c2)C2CC2)CC1. The zero-order chi connectivity index (χ0) is 18.3. The van der Waals surface area contributed by atoms with Gasteiger partial charge < -0.3 is 14.3 Å². The van der Waals surface area contributed by atoms with Crippen molar-refractivity contribution in [3.05, 3.63) is 23.5 Å². The fourth-order valence-electron chi connectivity index (χ4n) is 4.03. The van der Waals surface area contributed by atoms with E-state index in [0.29, 0.717) is 23.4 Å². The van der Waals surface area contributed by atoms with Crippen LogP contribution in [0.1, 0.15) is 68.4 Å². The molecule has 0 radical (unpaired) electrons. The molecule has 2 aromatic heterocycles. The molecule has 4 rings (SSSR count). The fourth-order valence-corrected chi connectivity index (χ4v) is 4.03. The lowest BCUT2D eigenvalue weighted by atomic mass is 10.0. The second-order valence-corrected chi connectivity index (χ2v) is 7.91. The van der Waals surface area contributed by atoms with E-state index in [4.69, 9.17) is 4.52 Å². The molecule has 1 saturated heterocycles. The Morgan fingerprint density at radius 1 is 1.27 bits per heavy atom. The van der Waals surface area contributed by atoms with Crippen LogP contribution in [0.4, 0.5) is 0 Å². The van der Waals surface area contributed by atoms with Crippen LogP contribution in [-0.2, 0) is 0 Å². The topological polar surface area (TPSA) is 62.5 Å². The van der Waals surface area contributed by atoms with E-state index in [1.54, 1.807) is 6.20 Å². The predicted molar refractivity (Wildman–Crippen MR) is 100 cm³/mol. The normalized spacial score (nSPS) is 19.4. The number of fused-ring (bicyclic) bond motifs is 1. The highest BCUT2D eigenvalue weighted by Crippen LogP contribution is 2.34. The number of hydrogen-bond donors (Lipinski definition) is 0. The Hall–Kier alpha value is -1.95. The summed E-state index contributed by atoms with van der Waals surface area (Å²) in [5, 5.41) is 4.99. The van der Waals surface area contributed by atoms with Crippen LogP contribution in [0.15, 0.2) is 16.8 Å². The lowest BCUT2D eigenvalue weighted by molar-refractivity contribution is 0.0554. The fraction of sp³-hybridized carbons (Fsp3) is 0.650. The summed E-state index contributed by atoms with van der Waals surface area (Å²) in [6.45, 7) is 9.61. The van der Waals surface area contributed by atoms with Crippen molar-refractivity contribution in [1.82, 2.24) is 19.9 Å². The number of rotatable bonds is 5. The maximum Gasteiger partial charge on any atom is 0.257 e. The number of pyridine rings is 1. The van der Waals surface area contributed by atoms with Crippen LogP contribution in [0.25, 0.3) is 11.1 Å². The summed E-state index contributed by atoms with van der Waals surface area (Å²) in [7, 11) is 0. The summed E-state index contributed by atoms with van der Waals surface area (Å²) < 4.78 is 5.31. The molecule has 2 aliphatic rings. The van der Waals surface area contributed by atoms with E-state index in [9.17, 15) is 4.79 Å². The number of nitrogens with zero attached hydrogens (tertiary/aromatic N) is 4. The molecule has 2 fully saturated rings. The van der Waals surface area contributed by atoms with E-state index in [0.717, 1.165) is 56.4 Å². The Morgan fingerprint density at radius 2 is 1.96 bits per heavy atom. The van der Waals surface area contributed by atoms with Gasteiger partial charge in [-0.3, -0.25) is 4.79 Å². The quantitative estimate of drug-likeness (QED) is 0.821. The molecule has 0 atom stereocenters. The molecular formula is C20H28N4O2. The predicted octanol–water partition coefficient (Wildman–Crippen LogP) is 3.44. The van der Waals surface area contributed by atoms with E-state index in [1.807, 2.05) is 6.07 Å². The minimum Gasteiger partial charge on any atom is -0.336 e. The van der Waals surface area contributed by atoms with Gasteiger partial charge in [-0.2, -0.15) is 0 Å². The molecule has 0 unspecified atom stereocenters. The van der Waals surface area contributed by atoms with Crippen LogP contribution in [0, 0.1) is 0 Å². The Balaban J connectivity index is 1.60. The van der Waals surface area contributed by atoms with Gasteiger partial charge in [-0.1, -0.05) is 25.9 Å². The Bertz CT molecular complexity index is 788. The Kier molecular flexibility index (Phi) is 4.69. The molecule has 3 heterocycles. The van der Waals surface area contributed by atoms with Crippen molar-refractivity contribution < 1.29 is 9.32 Å². The lowest BCUT2D eigenvalue weighted by Crippen LogP contribution is -2.48. The van der Waals surface area contributed by atoms with Gasteiger partial charge in [-0.05, 0) is 44.2 Å². The molecule has 6 nitrogen and oxygen atoms in total. The third kappa shape index (κ3) is 3.22. The molecule has 2 aromatic rings. The van der Waals surface area contributed by atoms with E-state index < -0.39 is 0 Å². The zero-order valence-electron chi connectivity index (χ0n) is 15.9. The summed E-state index contributed by atoms with van der Waals surface area (Å²) in [5.74, 6) is 0.356. The third-order valence-corrected chi connectivity index (χ3v) is 5.72. The first-order chi connectivity index (χ1) is 12.6. The van der Waals surface area contributed by atoms with Crippen LogP contribution < -0.4 is 0 Å². The van der Waals surface area contributed by atoms with Gasteiger partial charge in [0.1, 0.15) is 0 Å². The lowest BCUT2D eigenvalue weighted by Gasteiger charge is -2.38. The summed E-state index contributed by atoms with van der Waals surface area (Å²) >= 11 is 0. The second-order valence-electron chi connectivity index (χ2n) is 7.91. The number of likely N-dealkylation sites (tertiary alicyclic amines) is 1. The van der Waals surface area contributed by atoms with E-state index >= 15 is 0 Å². The number of piperidine rings is 1. The van der Waals surface area contributed by atoms with Crippen LogP contribution in [0.5, 0.6) is 0 Å². The minimum absolute atomic E-state index is 0.118. The van der Waals surface area contributed by atoms with Crippen molar-refractivity contribution in [2.45, 2.75) is 64.5 Å². The van der Waals surface area contributed by atoms with E-state index in [1.165, 1.54) is 0 Å². The summed E-state index contributed by atoms with van der Waals surface area (Å²) in [6, 6.07) is 2.68. The van der Waals surface area contributed by atoms with E-state index in [-0.39, 0.29) is 11.8 Å². The average Bonchev–Trinajstić information content (AvgIpc) is 3.39. The molecule has 0 N–H and O–H groups in total. The van der Waals surface area contributed by atoms with Gasteiger partial charge in [0.05, 0.1) is 16.6 Å². The first kappa shape index (κ1) is 17.5. The Labute approximate surface area is 154 Å². The third-order valence-electron chi connectivity index (χ3n) is 5.72. The summed E-state index contributed by atoms with van der Waals surface area (Å²) in [5.41, 5.74) is 2.04. The molecule has 0 bridgehead atoms. The Morgan fingerprint density at radius 3 is 2.58 bits per heavy atom. The van der Waals surface area contributed by atoms with Crippen molar-refractivity contribution in [3.8, 4) is 0 Å². The molecule has 6 heteroatoms. The molecule has 1 aliphatic carbocycles. The number of hydrogen-bond acceptors (Lipinski definition) is 5. The maximum absolute atomic E-state index is 13.3. The standard InChI is InChI=1S/C20H28N4O2/c1-4-23-9-7-16(8-10-23)24(15-5-6-15)20(25)14-11-17-18(13(2)3)22-26-19(17)21-12-14/h11-13,15-16H,4-10H2,1-3H3. The maximum atomic E-state index is 13.3. The molecular weight excluding hydrogens is 328 g/mol. The summed E-state index contributed by atoms with van der Waals surface area (Å²) in [4.78, 5) is 22.3. The van der Waals surface area contributed by atoms with Gasteiger partial charge in [0.25, 0.3) is 11.6 Å². The summed E-state index contributed by atoms with van der Waals surface area (Å²) in [6.07, 6.45) is 6.03. The van der Waals surface area contributed by atoms with Gasteiger partial charge in [0.15, 0.2) is 0 Å². The monoisotopic (exact) mass is 356 g/mol. The van der Waals surface area contributed by atoms with Crippen molar-refractivity contribution >= 4 is 17.0 Å². The van der Waals surface area contributed by atoms with Crippen molar-refractivity contribution in [3.63, 3.8) is 0 Å². The largest absolute Gasteiger partial charge is 0.336 e. The number of aromatic nitrogens is 2. The van der Waals surface area contributed by atoms with E-state index in [2.05, 4.69) is 40.7 Å². The first-order valence-electron chi connectivity index (χ1n) is 9.88. The minimum atomic E-state index is 0.118. The molecule has 1 aliphatic heterocycles. The molecule has 26 heavy (non-hydrogen) atoms. The number of amides is 1. The first-order valence-corrected chi connectivity index (χ1v) is 9.88. The van der Waals surface area contributed by atoms with Gasteiger partial charge in [-0.25, -0.2) is 4.98 Å². The number of carbonyl (C=O) groups is 1. The second kappa shape index (κ2) is 6.99. The molecule has 0 aromatic carbocycles. The smallest absolute Gasteiger partial charge is 0.257 e. The molecule has 140 valence electrons. The molecule has 1 saturated carbocycles. The van der Waals surface area contributed by atoms with Gasteiger partial charge in [0, 0.05) is 31.4 Å². The van der Waals surface area contributed by atoms with Gasteiger partial charge >= 0.3 is 0 Å². The van der Waals surface area contributed by atoms with Crippen molar-refractivity contribution in [2.75, 3.05) is 19.6 Å². The highest BCUT2D eigenvalue weighted by atomic mass is 16.5. The number of carbonyl (C=O) groups excluding carboxylic acids is 1. The van der Waals surface area contributed by atoms with Crippen molar-refractivity contribution in [1.29, 1.82) is 0 Å². The molecule has 0 spiro atoms. The van der Waals surface area contributed by atoms with Gasteiger partial charge in [0.2, 0.25) is 0 Å². The highest BCUT2D eigenvalue weighted by molar-refractivity contribution is 5.97. The van der Waals surface area contributed by atoms with Crippen LogP contribution in [-0.4, -0.2) is 57.6 Å². The highest BCUT2D eigenvalue weighted by Gasteiger charge is 2.39. The average molecular weight is 356 g/mol. The molecule has 1 amide bonds. The van der Waals surface area contributed by atoms with Crippen LogP contribution >= 0.6 is 0 Å². The van der Waals surface area contributed by atoms with Crippen LogP contribution in [0.3, 0.4) is 0 Å². The van der Waals surface area contributed by atoms with Crippen molar-refractivity contribution in [2.24, 2.45) is 0 Å². The van der Waals surface area contributed by atoms with Gasteiger partial charge in [-0.15, -0.1) is 0 Å². The van der Waals surface area contributed by atoms with Crippen LogP contribution in [0.2, 0.25) is 0 Å². The zero-order valence-corrected chi connectivity index (χ0v) is 15.9.